The van der Waals surface area contributed by atoms with E-state index in [-0.39, 0.29) is 5.60 Å². The summed E-state index contributed by atoms with van der Waals surface area (Å²) in [5.41, 5.74) is 1.81. The number of hydrogen-bond acceptors (Lipinski definition) is 2. The molecule has 0 aromatic heterocycles. The van der Waals surface area contributed by atoms with Crippen LogP contribution in [0.25, 0.3) is 0 Å². The summed E-state index contributed by atoms with van der Waals surface area (Å²) in [5, 5.41) is 3.74. The molecule has 0 aromatic rings. The van der Waals surface area contributed by atoms with Crippen molar-refractivity contribution in [1.82, 2.24) is 5.32 Å². The zero-order valence-electron chi connectivity index (χ0n) is 14.3. The summed E-state index contributed by atoms with van der Waals surface area (Å²) in [4.78, 5) is 0. The first-order valence-corrected chi connectivity index (χ1v) is 8.34. The second kappa shape index (κ2) is 7.61. The molecule has 1 aliphatic carbocycles. The molecule has 0 spiro atoms. The summed E-state index contributed by atoms with van der Waals surface area (Å²) >= 11 is 0. The molecule has 118 valence electrons. The standard InChI is InChI=1S/C18H35NO/c1-7-13-19-16(14-15(3)8-2)18(20-6)11-9-17(4,5)10-12-18/h16,19H,3,7-14H2,1-2,4-6H3. The number of nitrogens with one attached hydrogen (secondary N) is 1. The van der Waals surface area contributed by atoms with Crippen LogP contribution in [0.5, 0.6) is 0 Å². The summed E-state index contributed by atoms with van der Waals surface area (Å²) < 4.78 is 6.07. The largest absolute Gasteiger partial charge is 0.377 e. The number of methoxy groups -OCH3 is 1. The molecule has 0 bridgehead atoms. The molecule has 1 unspecified atom stereocenters. The van der Waals surface area contributed by atoms with Crippen molar-refractivity contribution in [2.24, 2.45) is 5.41 Å². The maximum absolute atomic E-state index is 6.07. The lowest BCUT2D eigenvalue weighted by Gasteiger charge is -2.47. The van der Waals surface area contributed by atoms with Gasteiger partial charge in [-0.1, -0.05) is 39.8 Å². The van der Waals surface area contributed by atoms with Crippen LogP contribution in [0.4, 0.5) is 0 Å². The highest BCUT2D eigenvalue weighted by Gasteiger charge is 2.43. The lowest BCUT2D eigenvalue weighted by molar-refractivity contribution is -0.0861. The average Bonchev–Trinajstić information content (AvgIpc) is 2.44. The monoisotopic (exact) mass is 281 g/mol. The third-order valence-electron chi connectivity index (χ3n) is 5.13. The average molecular weight is 281 g/mol. The van der Waals surface area contributed by atoms with Crippen LogP contribution in [0, 0.1) is 5.41 Å². The molecule has 1 saturated carbocycles. The van der Waals surface area contributed by atoms with Crippen molar-refractivity contribution in [3.05, 3.63) is 12.2 Å². The van der Waals surface area contributed by atoms with E-state index in [0.29, 0.717) is 11.5 Å². The van der Waals surface area contributed by atoms with E-state index in [1.165, 1.54) is 24.8 Å². The van der Waals surface area contributed by atoms with Crippen LogP contribution in [0.3, 0.4) is 0 Å². The molecule has 20 heavy (non-hydrogen) atoms. The Morgan fingerprint density at radius 1 is 1.20 bits per heavy atom. The van der Waals surface area contributed by atoms with Gasteiger partial charge in [-0.15, -0.1) is 0 Å². The van der Waals surface area contributed by atoms with Gasteiger partial charge in [0.15, 0.2) is 0 Å². The van der Waals surface area contributed by atoms with E-state index in [1.807, 2.05) is 7.11 Å². The third-order valence-corrected chi connectivity index (χ3v) is 5.13. The highest BCUT2D eigenvalue weighted by molar-refractivity contribution is 5.06. The first-order valence-electron chi connectivity index (χ1n) is 8.34. The molecule has 0 heterocycles. The summed E-state index contributed by atoms with van der Waals surface area (Å²) in [7, 11) is 1.90. The van der Waals surface area contributed by atoms with Crippen LogP contribution >= 0.6 is 0 Å². The first-order chi connectivity index (χ1) is 9.39. The molecule has 0 aliphatic heterocycles. The Balaban J connectivity index is 2.81. The minimum atomic E-state index is 0.00278. The van der Waals surface area contributed by atoms with Crippen LogP contribution in [0.1, 0.15) is 72.6 Å². The van der Waals surface area contributed by atoms with Gasteiger partial charge in [0.25, 0.3) is 0 Å². The van der Waals surface area contributed by atoms with Crippen molar-refractivity contribution < 1.29 is 4.74 Å². The Labute approximate surface area is 126 Å². The van der Waals surface area contributed by atoms with E-state index in [0.717, 1.165) is 32.2 Å². The highest BCUT2D eigenvalue weighted by Crippen LogP contribution is 2.44. The van der Waals surface area contributed by atoms with Crippen molar-refractivity contribution in [2.75, 3.05) is 13.7 Å². The lowest BCUT2D eigenvalue weighted by Crippen LogP contribution is -2.55. The third kappa shape index (κ3) is 4.60. The summed E-state index contributed by atoms with van der Waals surface area (Å²) in [6.07, 6.45) is 8.11. The quantitative estimate of drug-likeness (QED) is 0.651. The predicted molar refractivity (Wildman–Crippen MR) is 88.1 cm³/mol. The molecule has 0 amide bonds. The van der Waals surface area contributed by atoms with E-state index < -0.39 is 0 Å². The Morgan fingerprint density at radius 3 is 2.25 bits per heavy atom. The van der Waals surface area contributed by atoms with Crippen molar-refractivity contribution in [3.8, 4) is 0 Å². The molecule has 0 saturated heterocycles. The highest BCUT2D eigenvalue weighted by atomic mass is 16.5. The Hall–Kier alpha value is -0.340. The molecule has 1 N–H and O–H groups in total. The van der Waals surface area contributed by atoms with Gasteiger partial charge in [0.1, 0.15) is 0 Å². The molecule has 2 nitrogen and oxygen atoms in total. The smallest absolute Gasteiger partial charge is 0.0834 e. The van der Waals surface area contributed by atoms with Gasteiger partial charge in [-0.05, 0) is 56.9 Å². The molecule has 1 aliphatic rings. The van der Waals surface area contributed by atoms with Crippen LogP contribution in [-0.2, 0) is 4.74 Å². The summed E-state index contributed by atoms with van der Waals surface area (Å²) in [6.45, 7) is 14.5. The summed E-state index contributed by atoms with van der Waals surface area (Å²) in [6, 6.07) is 0.413. The van der Waals surface area contributed by atoms with Crippen LogP contribution in [-0.4, -0.2) is 25.3 Å². The molecule has 1 atom stereocenters. The maximum Gasteiger partial charge on any atom is 0.0834 e. The molecule has 1 rings (SSSR count). The molecule has 0 radical (unpaired) electrons. The molecule has 0 aromatic carbocycles. The zero-order chi connectivity index (χ0) is 15.2. The fourth-order valence-corrected chi connectivity index (χ4v) is 3.24. The number of rotatable bonds is 8. The topological polar surface area (TPSA) is 21.3 Å². The predicted octanol–water partition coefficient (Wildman–Crippen LogP) is 4.70. The minimum absolute atomic E-state index is 0.00278. The van der Waals surface area contributed by atoms with E-state index in [9.17, 15) is 0 Å². The second-order valence-corrected chi connectivity index (χ2v) is 7.25. The Morgan fingerprint density at radius 2 is 1.80 bits per heavy atom. The SMILES string of the molecule is C=C(CC)CC(NCCC)C1(OC)CCC(C)(C)CC1. The van der Waals surface area contributed by atoms with E-state index in [4.69, 9.17) is 4.74 Å². The second-order valence-electron chi connectivity index (χ2n) is 7.25. The molecule has 1 fully saturated rings. The Bertz CT molecular complexity index is 299. The maximum atomic E-state index is 6.07. The van der Waals surface area contributed by atoms with Gasteiger partial charge < -0.3 is 10.1 Å². The number of ether oxygens (including phenoxy) is 1. The van der Waals surface area contributed by atoms with Crippen LogP contribution in [0.15, 0.2) is 12.2 Å². The zero-order valence-corrected chi connectivity index (χ0v) is 14.3. The first kappa shape index (κ1) is 17.7. The van der Waals surface area contributed by atoms with Gasteiger partial charge in [-0.2, -0.15) is 0 Å². The van der Waals surface area contributed by atoms with Crippen LogP contribution < -0.4 is 5.32 Å². The van der Waals surface area contributed by atoms with Crippen molar-refractivity contribution >= 4 is 0 Å². The van der Waals surface area contributed by atoms with Gasteiger partial charge in [-0.25, -0.2) is 0 Å². The molecular formula is C18H35NO. The van der Waals surface area contributed by atoms with Crippen molar-refractivity contribution in [2.45, 2.75) is 84.3 Å². The van der Waals surface area contributed by atoms with Crippen molar-refractivity contribution in [1.29, 1.82) is 0 Å². The number of hydrogen-bond donors (Lipinski definition) is 1. The normalized spacial score (nSPS) is 22.4. The van der Waals surface area contributed by atoms with E-state index in [2.05, 4.69) is 39.6 Å². The van der Waals surface area contributed by atoms with E-state index >= 15 is 0 Å². The summed E-state index contributed by atoms with van der Waals surface area (Å²) in [5.74, 6) is 0. The van der Waals surface area contributed by atoms with Gasteiger partial charge in [0.2, 0.25) is 0 Å². The Kier molecular flexibility index (Phi) is 6.74. The lowest BCUT2D eigenvalue weighted by atomic mass is 9.67. The van der Waals surface area contributed by atoms with Crippen molar-refractivity contribution in [3.63, 3.8) is 0 Å². The fraction of sp³-hybridized carbons (Fsp3) is 0.889. The molecule has 2 heteroatoms. The van der Waals surface area contributed by atoms with Gasteiger partial charge >= 0.3 is 0 Å². The van der Waals surface area contributed by atoms with Gasteiger partial charge in [0, 0.05) is 13.2 Å². The fourth-order valence-electron chi connectivity index (χ4n) is 3.24. The van der Waals surface area contributed by atoms with Gasteiger partial charge in [0.05, 0.1) is 5.60 Å². The minimum Gasteiger partial charge on any atom is -0.377 e. The van der Waals surface area contributed by atoms with Crippen LogP contribution in [0.2, 0.25) is 0 Å². The van der Waals surface area contributed by atoms with E-state index in [1.54, 1.807) is 0 Å². The van der Waals surface area contributed by atoms with Gasteiger partial charge in [-0.3, -0.25) is 0 Å². The molecular weight excluding hydrogens is 246 g/mol.